The number of hydrogen-bond donors (Lipinski definition) is 1. The molecule has 2 aromatic carbocycles. The number of aliphatic hydroxyl groups is 1. The third-order valence-corrected chi connectivity index (χ3v) is 6.35. The molecule has 35 heavy (non-hydrogen) atoms. The van der Waals surface area contributed by atoms with E-state index < -0.39 is 12.1 Å². The lowest BCUT2D eigenvalue weighted by Gasteiger charge is -2.33. The molecule has 0 amide bonds. The maximum atomic E-state index is 11.9. The molecule has 7 nitrogen and oxygen atoms in total. The van der Waals surface area contributed by atoms with E-state index in [1.54, 1.807) is 17.8 Å². The number of aromatic nitrogens is 2. The molecule has 1 N–H and O–H groups in total. The van der Waals surface area contributed by atoms with E-state index in [0.29, 0.717) is 49.6 Å². The second-order valence-electron chi connectivity index (χ2n) is 8.65. The van der Waals surface area contributed by atoms with Crippen LogP contribution in [0.5, 0.6) is 5.75 Å². The Morgan fingerprint density at radius 1 is 1.17 bits per heavy atom. The molecule has 3 aromatic rings. The SMILES string of the molecule is CCOC(=O)c1cnn(CC2CC(O)CC(c3ccc(Cl)c(Cc4ccc(OCC)cc4)c3)O2)c1. The lowest BCUT2D eigenvalue weighted by molar-refractivity contribution is -0.104. The number of aliphatic hydroxyl groups excluding tert-OH is 1. The van der Waals surface area contributed by atoms with Crippen LogP contribution in [-0.2, 0) is 22.4 Å². The van der Waals surface area contributed by atoms with Gasteiger partial charge in [0.1, 0.15) is 5.75 Å². The number of ether oxygens (including phenoxy) is 3. The minimum atomic E-state index is -0.496. The minimum Gasteiger partial charge on any atom is -0.494 e. The normalized spacial score (nSPS) is 19.9. The molecular formula is C27H31ClN2O5. The molecule has 1 saturated heterocycles. The van der Waals surface area contributed by atoms with Gasteiger partial charge in [0.05, 0.1) is 49.8 Å². The zero-order valence-electron chi connectivity index (χ0n) is 20.0. The van der Waals surface area contributed by atoms with E-state index in [1.165, 1.54) is 6.20 Å². The number of carbonyl (C=O) groups is 1. The molecule has 0 radical (unpaired) electrons. The van der Waals surface area contributed by atoms with Crippen molar-refractivity contribution < 1.29 is 24.1 Å². The van der Waals surface area contributed by atoms with Gasteiger partial charge in [-0.2, -0.15) is 5.10 Å². The molecule has 4 rings (SSSR count). The summed E-state index contributed by atoms with van der Waals surface area (Å²) in [5, 5.41) is 15.5. The Labute approximate surface area is 210 Å². The Morgan fingerprint density at radius 3 is 2.71 bits per heavy atom. The zero-order chi connectivity index (χ0) is 24.8. The maximum Gasteiger partial charge on any atom is 0.341 e. The molecule has 8 heteroatoms. The summed E-state index contributed by atoms with van der Waals surface area (Å²) in [6.07, 6.45) is 3.82. The van der Waals surface area contributed by atoms with Crippen molar-refractivity contribution in [2.75, 3.05) is 13.2 Å². The standard InChI is InChI=1S/C27H31ClN2O5/c1-3-33-23-8-5-18(6-9-23)11-20-12-19(7-10-25(20)28)26-14-22(31)13-24(35-26)17-30-16-21(15-29-30)27(32)34-4-2/h5-10,12,15-16,22,24,26,31H,3-4,11,13-14,17H2,1-2H3. The number of benzene rings is 2. The molecule has 2 heterocycles. The van der Waals surface area contributed by atoms with E-state index >= 15 is 0 Å². The molecule has 0 bridgehead atoms. The molecule has 3 atom stereocenters. The van der Waals surface area contributed by atoms with Gasteiger partial charge in [-0.25, -0.2) is 4.79 Å². The van der Waals surface area contributed by atoms with Crippen LogP contribution < -0.4 is 4.74 Å². The summed E-state index contributed by atoms with van der Waals surface area (Å²) in [4.78, 5) is 11.9. The molecule has 3 unspecified atom stereocenters. The molecule has 1 aromatic heterocycles. The molecule has 0 spiro atoms. The van der Waals surface area contributed by atoms with Crippen LogP contribution in [0.4, 0.5) is 0 Å². The first-order valence-corrected chi connectivity index (χ1v) is 12.4. The second kappa shape index (κ2) is 11.7. The number of carbonyl (C=O) groups excluding carboxylic acids is 1. The first kappa shape index (κ1) is 25.2. The minimum absolute atomic E-state index is 0.246. The summed E-state index contributed by atoms with van der Waals surface area (Å²) in [6.45, 7) is 5.10. The van der Waals surface area contributed by atoms with E-state index in [0.717, 1.165) is 22.4 Å². The van der Waals surface area contributed by atoms with Gasteiger partial charge in [0.2, 0.25) is 0 Å². The predicted molar refractivity (Wildman–Crippen MR) is 133 cm³/mol. The van der Waals surface area contributed by atoms with Crippen molar-refractivity contribution in [2.45, 2.75) is 58.0 Å². The number of hydrogen-bond acceptors (Lipinski definition) is 6. The molecule has 0 aliphatic carbocycles. The summed E-state index contributed by atoms with van der Waals surface area (Å²) < 4.78 is 18.6. The largest absolute Gasteiger partial charge is 0.494 e. The Kier molecular flexibility index (Phi) is 8.44. The molecule has 186 valence electrons. The van der Waals surface area contributed by atoms with Gasteiger partial charge in [0.15, 0.2) is 0 Å². The van der Waals surface area contributed by atoms with E-state index in [-0.39, 0.29) is 12.2 Å². The van der Waals surface area contributed by atoms with Crippen molar-refractivity contribution in [3.8, 4) is 5.75 Å². The molecule has 1 aliphatic heterocycles. The fourth-order valence-corrected chi connectivity index (χ4v) is 4.52. The van der Waals surface area contributed by atoms with Crippen LogP contribution in [-0.4, -0.2) is 46.3 Å². The second-order valence-corrected chi connectivity index (χ2v) is 9.06. The molecule has 1 aliphatic rings. The van der Waals surface area contributed by atoms with Crippen LogP contribution in [0.2, 0.25) is 5.02 Å². The van der Waals surface area contributed by atoms with E-state index in [4.69, 9.17) is 25.8 Å². The highest BCUT2D eigenvalue weighted by molar-refractivity contribution is 6.31. The van der Waals surface area contributed by atoms with Gasteiger partial charge in [-0.05, 0) is 55.2 Å². The zero-order valence-corrected chi connectivity index (χ0v) is 20.8. The van der Waals surface area contributed by atoms with Crippen LogP contribution in [0.15, 0.2) is 54.9 Å². The Hall–Kier alpha value is -2.87. The predicted octanol–water partition coefficient (Wildman–Crippen LogP) is 4.98. The van der Waals surface area contributed by atoms with Crippen molar-refractivity contribution in [3.05, 3.63) is 82.1 Å². The summed E-state index contributed by atoms with van der Waals surface area (Å²) in [6, 6.07) is 13.9. The van der Waals surface area contributed by atoms with Crippen LogP contribution in [0.3, 0.4) is 0 Å². The van der Waals surface area contributed by atoms with E-state index in [9.17, 15) is 9.90 Å². The highest BCUT2D eigenvalue weighted by Crippen LogP contribution is 2.34. The lowest BCUT2D eigenvalue weighted by atomic mass is 9.94. The fourth-order valence-electron chi connectivity index (χ4n) is 4.33. The number of esters is 1. The third kappa shape index (κ3) is 6.63. The van der Waals surface area contributed by atoms with Crippen molar-refractivity contribution in [1.82, 2.24) is 9.78 Å². The smallest absolute Gasteiger partial charge is 0.341 e. The van der Waals surface area contributed by atoms with Crippen molar-refractivity contribution >= 4 is 17.6 Å². The average Bonchev–Trinajstić information content (AvgIpc) is 3.30. The van der Waals surface area contributed by atoms with Gasteiger partial charge in [-0.15, -0.1) is 0 Å². The van der Waals surface area contributed by atoms with Gasteiger partial charge < -0.3 is 19.3 Å². The first-order chi connectivity index (χ1) is 16.9. The monoisotopic (exact) mass is 498 g/mol. The van der Waals surface area contributed by atoms with Gasteiger partial charge in [-0.1, -0.05) is 35.9 Å². The van der Waals surface area contributed by atoms with Crippen LogP contribution in [0.25, 0.3) is 0 Å². The summed E-state index contributed by atoms with van der Waals surface area (Å²) >= 11 is 6.52. The maximum absolute atomic E-state index is 11.9. The average molecular weight is 499 g/mol. The number of halogens is 1. The van der Waals surface area contributed by atoms with Crippen molar-refractivity contribution in [2.24, 2.45) is 0 Å². The fraction of sp³-hybridized carbons (Fsp3) is 0.407. The topological polar surface area (TPSA) is 82.8 Å². The lowest BCUT2D eigenvalue weighted by Crippen LogP contribution is -2.34. The Bertz CT molecular complexity index is 1130. The van der Waals surface area contributed by atoms with Crippen LogP contribution in [0, 0.1) is 0 Å². The van der Waals surface area contributed by atoms with Gasteiger partial charge in [-0.3, -0.25) is 4.68 Å². The number of rotatable bonds is 9. The summed E-state index contributed by atoms with van der Waals surface area (Å²) in [7, 11) is 0. The molecular weight excluding hydrogens is 468 g/mol. The first-order valence-electron chi connectivity index (χ1n) is 12.0. The van der Waals surface area contributed by atoms with E-state index in [1.807, 2.05) is 43.3 Å². The van der Waals surface area contributed by atoms with Crippen molar-refractivity contribution in [1.29, 1.82) is 0 Å². The Morgan fingerprint density at radius 2 is 1.97 bits per heavy atom. The third-order valence-electron chi connectivity index (χ3n) is 5.98. The summed E-state index contributed by atoms with van der Waals surface area (Å²) in [5.74, 6) is 0.445. The summed E-state index contributed by atoms with van der Waals surface area (Å²) in [5.41, 5.74) is 3.51. The Balaban J connectivity index is 1.44. The van der Waals surface area contributed by atoms with E-state index in [2.05, 4.69) is 11.2 Å². The van der Waals surface area contributed by atoms with Crippen molar-refractivity contribution in [3.63, 3.8) is 0 Å². The van der Waals surface area contributed by atoms with Gasteiger partial charge in [0, 0.05) is 24.1 Å². The highest BCUT2D eigenvalue weighted by atomic mass is 35.5. The molecule has 1 fully saturated rings. The number of nitrogens with zero attached hydrogens (tertiary/aromatic N) is 2. The van der Waals surface area contributed by atoms with Crippen LogP contribution in [0.1, 0.15) is 59.8 Å². The van der Waals surface area contributed by atoms with Gasteiger partial charge in [0.25, 0.3) is 0 Å². The van der Waals surface area contributed by atoms with Gasteiger partial charge >= 0.3 is 5.97 Å². The van der Waals surface area contributed by atoms with Crippen LogP contribution >= 0.6 is 11.6 Å². The molecule has 0 saturated carbocycles. The quantitative estimate of drug-likeness (QED) is 0.419. The highest BCUT2D eigenvalue weighted by Gasteiger charge is 2.30.